The minimum Gasteiger partial charge on any atom is -0.494 e. The third-order valence-corrected chi connectivity index (χ3v) is 4.50. The first-order chi connectivity index (χ1) is 13.2. The fourth-order valence-corrected chi connectivity index (χ4v) is 3.30. The zero-order valence-electron chi connectivity index (χ0n) is 15.9. The van der Waals surface area contributed by atoms with Crippen LogP contribution in [-0.2, 0) is 4.74 Å². The van der Waals surface area contributed by atoms with Crippen molar-refractivity contribution in [2.24, 2.45) is 0 Å². The zero-order valence-corrected chi connectivity index (χ0v) is 15.9. The molecule has 2 aromatic rings. The molecule has 7 nitrogen and oxygen atoms in total. The highest BCUT2D eigenvalue weighted by Crippen LogP contribution is 2.39. The van der Waals surface area contributed by atoms with Gasteiger partial charge >= 0.3 is 0 Å². The van der Waals surface area contributed by atoms with E-state index in [9.17, 15) is 0 Å². The summed E-state index contributed by atoms with van der Waals surface area (Å²) in [4.78, 5) is 2.04. The van der Waals surface area contributed by atoms with Gasteiger partial charge in [0.15, 0.2) is 5.82 Å². The zero-order chi connectivity index (χ0) is 19.2. The fraction of sp³-hybridized carbons (Fsp3) is 0.400. The van der Waals surface area contributed by atoms with Gasteiger partial charge in [-0.25, -0.2) is 0 Å². The van der Waals surface area contributed by atoms with Crippen molar-refractivity contribution in [2.45, 2.75) is 18.9 Å². The molecule has 0 amide bonds. The Bertz CT molecular complexity index is 764. The van der Waals surface area contributed by atoms with Crippen LogP contribution in [0.15, 0.2) is 43.5 Å². The van der Waals surface area contributed by atoms with E-state index in [-0.39, 0.29) is 6.10 Å². The van der Waals surface area contributed by atoms with Crippen LogP contribution in [0.1, 0.15) is 24.8 Å². The molecule has 1 aromatic heterocycles. The lowest BCUT2D eigenvalue weighted by Gasteiger charge is -2.24. The fourth-order valence-electron chi connectivity index (χ4n) is 3.30. The van der Waals surface area contributed by atoms with Crippen molar-refractivity contribution < 1.29 is 14.2 Å². The number of hydrogen-bond donors (Lipinski definition) is 0. The highest BCUT2D eigenvalue weighted by molar-refractivity contribution is 5.61. The maximum atomic E-state index is 5.90. The molecular weight excluding hydrogens is 344 g/mol. The van der Waals surface area contributed by atoms with Crippen molar-refractivity contribution in [1.29, 1.82) is 0 Å². The first-order valence-corrected chi connectivity index (χ1v) is 9.00. The highest BCUT2D eigenvalue weighted by atomic mass is 16.5. The average Bonchev–Trinajstić information content (AvgIpc) is 3.36. The molecule has 0 aliphatic carbocycles. The monoisotopic (exact) mass is 370 g/mol. The smallest absolute Gasteiger partial charge is 0.232 e. The number of nitrogens with zero attached hydrogens (tertiary/aromatic N) is 4. The number of hydrogen-bond acceptors (Lipinski definition) is 6. The van der Waals surface area contributed by atoms with Crippen LogP contribution in [0.5, 0.6) is 11.5 Å². The van der Waals surface area contributed by atoms with Crippen molar-refractivity contribution in [1.82, 2.24) is 14.8 Å². The van der Waals surface area contributed by atoms with E-state index in [1.807, 2.05) is 39.8 Å². The minimum absolute atomic E-state index is 0.116. The molecule has 7 heteroatoms. The van der Waals surface area contributed by atoms with Gasteiger partial charge in [-0.15, -0.1) is 23.4 Å². The summed E-state index contributed by atoms with van der Waals surface area (Å²) in [5.41, 5.74) is 0.756. The van der Waals surface area contributed by atoms with Gasteiger partial charge in [0.05, 0.1) is 14.2 Å². The molecule has 0 N–H and O–H groups in total. The van der Waals surface area contributed by atoms with E-state index in [0.29, 0.717) is 30.5 Å². The molecule has 0 radical (unpaired) electrons. The van der Waals surface area contributed by atoms with E-state index in [1.165, 1.54) is 0 Å². The summed E-state index contributed by atoms with van der Waals surface area (Å²) in [6.45, 7) is 9.64. The van der Waals surface area contributed by atoms with Gasteiger partial charge in [0, 0.05) is 19.7 Å². The van der Waals surface area contributed by atoms with Gasteiger partial charge in [-0.2, -0.15) is 0 Å². The van der Waals surface area contributed by atoms with Crippen LogP contribution in [0, 0.1) is 0 Å². The van der Waals surface area contributed by atoms with Crippen molar-refractivity contribution >= 4 is 5.95 Å². The summed E-state index contributed by atoms with van der Waals surface area (Å²) in [6.07, 6.45) is 5.44. The topological polar surface area (TPSA) is 61.6 Å². The number of para-hydroxylation sites is 1. The predicted octanol–water partition coefficient (Wildman–Crippen LogP) is 3.31. The lowest BCUT2D eigenvalue weighted by Crippen LogP contribution is -2.27. The Balaban J connectivity index is 2.24. The van der Waals surface area contributed by atoms with Gasteiger partial charge in [0.2, 0.25) is 5.95 Å². The lowest BCUT2D eigenvalue weighted by molar-refractivity contribution is 0.103. The second kappa shape index (κ2) is 8.73. The molecule has 144 valence electrons. The summed E-state index contributed by atoms with van der Waals surface area (Å²) in [5.74, 6) is 2.75. The van der Waals surface area contributed by atoms with Crippen molar-refractivity contribution in [2.75, 3.05) is 38.8 Å². The molecule has 0 bridgehead atoms. The Morgan fingerprint density at radius 3 is 2.37 bits per heavy atom. The van der Waals surface area contributed by atoms with E-state index in [0.717, 1.165) is 31.0 Å². The normalized spacial score (nSPS) is 16.1. The molecule has 1 fully saturated rings. The maximum absolute atomic E-state index is 5.90. The molecule has 27 heavy (non-hydrogen) atoms. The SMILES string of the molecule is C=CCN(CC=C)c1nnc(C2CCCO2)n1-c1c(OC)cccc1OC. The van der Waals surface area contributed by atoms with Gasteiger partial charge < -0.3 is 19.1 Å². The first kappa shape index (κ1) is 19.0. The van der Waals surface area contributed by atoms with Gasteiger partial charge in [-0.3, -0.25) is 4.57 Å². The van der Waals surface area contributed by atoms with Gasteiger partial charge in [0.1, 0.15) is 23.3 Å². The van der Waals surface area contributed by atoms with Gasteiger partial charge in [-0.05, 0) is 25.0 Å². The Morgan fingerprint density at radius 1 is 1.19 bits per heavy atom. The molecule has 1 aliphatic rings. The number of methoxy groups -OCH3 is 2. The van der Waals surface area contributed by atoms with E-state index >= 15 is 0 Å². The Kier molecular flexibility index (Phi) is 6.13. The summed E-state index contributed by atoms with van der Waals surface area (Å²) >= 11 is 0. The van der Waals surface area contributed by atoms with Crippen LogP contribution in [0.2, 0.25) is 0 Å². The van der Waals surface area contributed by atoms with Crippen LogP contribution in [-0.4, -0.2) is 48.7 Å². The number of ether oxygens (including phenoxy) is 3. The van der Waals surface area contributed by atoms with Crippen LogP contribution in [0.3, 0.4) is 0 Å². The summed E-state index contributed by atoms with van der Waals surface area (Å²) in [7, 11) is 3.28. The standard InChI is InChI=1S/C20H26N4O3/c1-5-12-23(13-6-2)20-22-21-19(17-11-8-14-27-17)24(20)18-15(25-3)9-7-10-16(18)26-4/h5-7,9-10,17H,1-2,8,11-14H2,3-4H3. The average molecular weight is 370 g/mol. The highest BCUT2D eigenvalue weighted by Gasteiger charge is 2.30. The largest absolute Gasteiger partial charge is 0.494 e. The molecule has 1 atom stereocenters. The van der Waals surface area contributed by atoms with Crippen LogP contribution >= 0.6 is 0 Å². The van der Waals surface area contributed by atoms with E-state index in [1.54, 1.807) is 14.2 Å². The number of anilines is 1. The molecule has 3 rings (SSSR count). The van der Waals surface area contributed by atoms with Gasteiger partial charge in [-0.1, -0.05) is 18.2 Å². The van der Waals surface area contributed by atoms with Crippen LogP contribution < -0.4 is 14.4 Å². The van der Waals surface area contributed by atoms with E-state index < -0.39 is 0 Å². The molecule has 1 aromatic carbocycles. The first-order valence-electron chi connectivity index (χ1n) is 9.00. The molecular formula is C20H26N4O3. The van der Waals surface area contributed by atoms with Crippen LogP contribution in [0.4, 0.5) is 5.95 Å². The second-order valence-corrected chi connectivity index (χ2v) is 6.19. The van der Waals surface area contributed by atoms with E-state index in [2.05, 4.69) is 23.4 Å². The van der Waals surface area contributed by atoms with Crippen molar-refractivity contribution in [3.63, 3.8) is 0 Å². The quantitative estimate of drug-likeness (QED) is 0.631. The Hall–Kier alpha value is -2.80. The molecule has 0 saturated carbocycles. The van der Waals surface area contributed by atoms with Crippen molar-refractivity contribution in [3.8, 4) is 17.2 Å². The molecule has 0 spiro atoms. The third-order valence-electron chi connectivity index (χ3n) is 4.50. The van der Waals surface area contributed by atoms with E-state index in [4.69, 9.17) is 14.2 Å². The Morgan fingerprint density at radius 2 is 1.85 bits per heavy atom. The summed E-state index contributed by atoms with van der Waals surface area (Å²) < 4.78 is 19.1. The Labute approximate surface area is 159 Å². The molecule has 1 unspecified atom stereocenters. The summed E-state index contributed by atoms with van der Waals surface area (Å²) in [6, 6.07) is 5.68. The third kappa shape index (κ3) is 3.68. The molecule has 1 aliphatic heterocycles. The van der Waals surface area contributed by atoms with Crippen molar-refractivity contribution in [3.05, 3.63) is 49.3 Å². The van der Waals surface area contributed by atoms with Crippen LogP contribution in [0.25, 0.3) is 5.69 Å². The number of aromatic nitrogens is 3. The molecule has 2 heterocycles. The van der Waals surface area contributed by atoms with Gasteiger partial charge in [0.25, 0.3) is 0 Å². The number of benzene rings is 1. The number of rotatable bonds is 9. The minimum atomic E-state index is -0.116. The lowest BCUT2D eigenvalue weighted by atomic mass is 10.2. The predicted molar refractivity (Wildman–Crippen MR) is 105 cm³/mol. The molecule has 1 saturated heterocycles. The summed E-state index contributed by atoms with van der Waals surface area (Å²) in [5, 5.41) is 8.96. The second-order valence-electron chi connectivity index (χ2n) is 6.19. The maximum Gasteiger partial charge on any atom is 0.232 e.